The molecular formula is C23H22N4OS. The third kappa shape index (κ3) is 4.07. The molecule has 1 amide bonds. The van der Waals surface area contributed by atoms with Crippen molar-refractivity contribution in [2.75, 3.05) is 5.32 Å². The second-order valence-electron chi connectivity index (χ2n) is 6.86. The molecule has 1 N–H and O–H groups in total. The molecule has 0 saturated carbocycles. The molecule has 0 aliphatic carbocycles. The number of thiazole rings is 1. The largest absolute Gasteiger partial charge is 0.307 e. The van der Waals surface area contributed by atoms with E-state index in [1.165, 1.54) is 0 Å². The number of anilines is 1. The SMILES string of the molecule is Cc1nc(-c2ccc(C)c(-c3ccc(NC(=O)c4cnccc4C)nc3)c2)cs1.[HH]. The van der Waals surface area contributed by atoms with Crippen molar-refractivity contribution >= 4 is 23.1 Å². The highest BCUT2D eigenvalue weighted by atomic mass is 32.1. The normalized spacial score (nSPS) is 10.7. The first-order valence-electron chi connectivity index (χ1n) is 9.23. The molecule has 0 spiro atoms. The van der Waals surface area contributed by atoms with E-state index in [0.717, 1.165) is 38.5 Å². The number of aryl methyl sites for hydroxylation is 3. The van der Waals surface area contributed by atoms with E-state index in [1.807, 2.05) is 32.0 Å². The summed E-state index contributed by atoms with van der Waals surface area (Å²) in [5.41, 5.74) is 6.73. The van der Waals surface area contributed by atoms with Gasteiger partial charge in [-0.1, -0.05) is 12.1 Å². The van der Waals surface area contributed by atoms with E-state index < -0.39 is 0 Å². The van der Waals surface area contributed by atoms with Crippen LogP contribution in [0.25, 0.3) is 22.4 Å². The number of aromatic nitrogens is 3. The molecule has 0 atom stereocenters. The first-order valence-corrected chi connectivity index (χ1v) is 10.1. The average Bonchev–Trinajstić information content (AvgIpc) is 3.16. The third-order valence-corrected chi connectivity index (χ3v) is 5.53. The molecule has 3 heterocycles. The van der Waals surface area contributed by atoms with Crippen molar-refractivity contribution in [3.8, 4) is 22.4 Å². The molecule has 0 aliphatic heterocycles. The Kier molecular flexibility index (Phi) is 5.18. The average molecular weight is 403 g/mol. The Morgan fingerprint density at radius 1 is 1.00 bits per heavy atom. The second-order valence-corrected chi connectivity index (χ2v) is 7.92. The van der Waals surface area contributed by atoms with Gasteiger partial charge in [0.2, 0.25) is 0 Å². The van der Waals surface area contributed by atoms with Crippen molar-refractivity contribution in [1.29, 1.82) is 0 Å². The minimum absolute atomic E-state index is 0. The number of hydrogen-bond donors (Lipinski definition) is 1. The van der Waals surface area contributed by atoms with Crippen LogP contribution in [0.1, 0.15) is 27.9 Å². The van der Waals surface area contributed by atoms with Gasteiger partial charge in [0, 0.05) is 36.5 Å². The van der Waals surface area contributed by atoms with E-state index in [2.05, 4.69) is 50.8 Å². The van der Waals surface area contributed by atoms with Crippen molar-refractivity contribution in [3.05, 3.63) is 82.1 Å². The van der Waals surface area contributed by atoms with Crippen LogP contribution in [0.2, 0.25) is 0 Å². The molecule has 4 rings (SSSR count). The van der Waals surface area contributed by atoms with Crippen LogP contribution in [0.4, 0.5) is 5.82 Å². The van der Waals surface area contributed by atoms with Crippen LogP contribution < -0.4 is 5.32 Å². The molecule has 0 bridgehead atoms. The summed E-state index contributed by atoms with van der Waals surface area (Å²) in [5.74, 6) is 0.291. The van der Waals surface area contributed by atoms with Gasteiger partial charge in [-0.2, -0.15) is 0 Å². The van der Waals surface area contributed by atoms with E-state index in [9.17, 15) is 4.79 Å². The summed E-state index contributed by atoms with van der Waals surface area (Å²) in [5, 5.41) is 5.95. The van der Waals surface area contributed by atoms with Gasteiger partial charge in [0.15, 0.2) is 0 Å². The zero-order valence-electron chi connectivity index (χ0n) is 16.4. The maximum Gasteiger partial charge on any atom is 0.258 e. The molecule has 1 aromatic carbocycles. The second kappa shape index (κ2) is 7.93. The smallest absolute Gasteiger partial charge is 0.258 e. The van der Waals surface area contributed by atoms with Crippen LogP contribution in [0.15, 0.2) is 60.4 Å². The maximum atomic E-state index is 12.5. The monoisotopic (exact) mass is 402 g/mol. The topological polar surface area (TPSA) is 67.8 Å². The Labute approximate surface area is 175 Å². The lowest BCUT2D eigenvalue weighted by atomic mass is 9.98. The van der Waals surface area contributed by atoms with Gasteiger partial charge in [0.05, 0.1) is 16.3 Å². The molecule has 146 valence electrons. The van der Waals surface area contributed by atoms with E-state index >= 15 is 0 Å². The van der Waals surface area contributed by atoms with E-state index in [0.29, 0.717) is 11.4 Å². The third-order valence-electron chi connectivity index (χ3n) is 4.75. The number of nitrogens with zero attached hydrogens (tertiary/aromatic N) is 3. The molecular weight excluding hydrogens is 380 g/mol. The van der Waals surface area contributed by atoms with Gasteiger partial charge in [-0.3, -0.25) is 9.78 Å². The van der Waals surface area contributed by atoms with Crippen molar-refractivity contribution in [3.63, 3.8) is 0 Å². The highest BCUT2D eigenvalue weighted by Crippen LogP contribution is 2.30. The Bertz CT molecular complexity index is 1190. The van der Waals surface area contributed by atoms with E-state index in [4.69, 9.17) is 0 Å². The molecule has 3 aromatic heterocycles. The quantitative estimate of drug-likeness (QED) is 0.476. The van der Waals surface area contributed by atoms with Gasteiger partial charge < -0.3 is 5.32 Å². The fourth-order valence-electron chi connectivity index (χ4n) is 3.10. The molecule has 4 aromatic rings. The number of amides is 1. The highest BCUT2D eigenvalue weighted by molar-refractivity contribution is 7.09. The van der Waals surface area contributed by atoms with Gasteiger partial charge >= 0.3 is 0 Å². The lowest BCUT2D eigenvalue weighted by molar-refractivity contribution is 0.102. The predicted molar refractivity (Wildman–Crippen MR) is 119 cm³/mol. The van der Waals surface area contributed by atoms with E-state index in [-0.39, 0.29) is 7.33 Å². The Morgan fingerprint density at radius 2 is 1.83 bits per heavy atom. The van der Waals surface area contributed by atoms with Crippen LogP contribution in [0.3, 0.4) is 0 Å². The first-order chi connectivity index (χ1) is 14.0. The number of carbonyl (C=O) groups is 1. The van der Waals surface area contributed by atoms with Crippen LogP contribution >= 0.6 is 11.3 Å². The molecule has 0 aliphatic rings. The zero-order chi connectivity index (χ0) is 20.4. The summed E-state index contributed by atoms with van der Waals surface area (Å²) in [7, 11) is 0. The fourth-order valence-corrected chi connectivity index (χ4v) is 3.72. The van der Waals surface area contributed by atoms with Crippen LogP contribution in [-0.2, 0) is 0 Å². The first kappa shape index (κ1) is 19.0. The molecule has 5 nitrogen and oxygen atoms in total. The fraction of sp³-hybridized carbons (Fsp3) is 0.130. The number of pyridine rings is 2. The minimum Gasteiger partial charge on any atom is -0.307 e. The van der Waals surface area contributed by atoms with Gasteiger partial charge in [-0.15, -0.1) is 11.3 Å². The highest BCUT2D eigenvalue weighted by Gasteiger charge is 2.11. The summed E-state index contributed by atoms with van der Waals surface area (Å²) in [6, 6.07) is 11.9. The molecule has 6 heteroatoms. The van der Waals surface area contributed by atoms with E-state index in [1.54, 1.807) is 29.9 Å². The zero-order valence-corrected chi connectivity index (χ0v) is 17.2. The maximum absolute atomic E-state index is 12.5. The Balaban J connectivity index is 0.00000256. The Hall–Kier alpha value is -3.38. The molecule has 0 unspecified atom stereocenters. The number of rotatable bonds is 4. The van der Waals surface area contributed by atoms with Crippen molar-refractivity contribution in [2.24, 2.45) is 0 Å². The van der Waals surface area contributed by atoms with Crippen molar-refractivity contribution in [2.45, 2.75) is 20.8 Å². The van der Waals surface area contributed by atoms with Crippen LogP contribution in [0, 0.1) is 20.8 Å². The van der Waals surface area contributed by atoms with Crippen LogP contribution in [0.5, 0.6) is 0 Å². The molecule has 29 heavy (non-hydrogen) atoms. The number of benzene rings is 1. The lowest BCUT2D eigenvalue weighted by Gasteiger charge is -2.10. The number of hydrogen-bond acceptors (Lipinski definition) is 5. The molecule has 0 fully saturated rings. The number of nitrogens with one attached hydrogen (secondary N) is 1. The van der Waals surface area contributed by atoms with Gasteiger partial charge in [0.1, 0.15) is 5.82 Å². The van der Waals surface area contributed by atoms with Crippen molar-refractivity contribution < 1.29 is 6.22 Å². The summed E-state index contributed by atoms with van der Waals surface area (Å²) in [6.07, 6.45) is 5.01. The summed E-state index contributed by atoms with van der Waals surface area (Å²) < 4.78 is 0. The van der Waals surface area contributed by atoms with Crippen LogP contribution in [-0.4, -0.2) is 20.9 Å². The van der Waals surface area contributed by atoms with Gasteiger partial charge in [0.25, 0.3) is 5.91 Å². The summed E-state index contributed by atoms with van der Waals surface area (Å²) in [4.78, 5) is 25.5. The molecule has 0 saturated heterocycles. The summed E-state index contributed by atoms with van der Waals surface area (Å²) >= 11 is 1.64. The van der Waals surface area contributed by atoms with Gasteiger partial charge in [-0.05, 0) is 61.7 Å². The number of carbonyl (C=O) groups excluding carboxylic acids is 1. The predicted octanol–water partition coefficient (Wildman–Crippen LogP) is 5.69. The minimum atomic E-state index is -0.215. The van der Waals surface area contributed by atoms with Crippen molar-refractivity contribution in [1.82, 2.24) is 15.0 Å². The summed E-state index contributed by atoms with van der Waals surface area (Å²) in [6.45, 7) is 5.96. The lowest BCUT2D eigenvalue weighted by Crippen LogP contribution is -2.14. The Morgan fingerprint density at radius 3 is 2.52 bits per heavy atom. The molecule has 0 radical (unpaired) electrons. The van der Waals surface area contributed by atoms with Gasteiger partial charge in [-0.25, -0.2) is 9.97 Å². The standard InChI is InChI=1S/C23H20N4OS.H2/c1-14-4-5-17(21-13-29-16(3)26-21)10-19(14)18-6-7-22(25-11-18)27-23(28)20-12-24-9-8-15(20)2;/h4-13H,1-3H3,(H,25,27,28);1H.